The van der Waals surface area contributed by atoms with Crippen LogP contribution in [0.5, 0.6) is 5.75 Å². The van der Waals surface area contributed by atoms with Crippen LogP contribution in [0.3, 0.4) is 0 Å². The number of benzene rings is 1. The van der Waals surface area contributed by atoms with Crippen molar-refractivity contribution in [2.75, 3.05) is 13.6 Å². The van der Waals surface area contributed by atoms with E-state index < -0.39 is 0 Å². The maximum absolute atomic E-state index is 11.0. The molecule has 0 saturated carbocycles. The number of primary amides is 1. The summed E-state index contributed by atoms with van der Waals surface area (Å²) in [7, 11) is 1.90. The highest BCUT2D eigenvalue weighted by molar-refractivity contribution is 5.76. The fourth-order valence-electron chi connectivity index (χ4n) is 2.62. The van der Waals surface area contributed by atoms with E-state index in [1.165, 1.54) is 0 Å². The number of likely N-dealkylation sites (N-methyl/N-ethyl adjacent to an activating group) is 1. The molecule has 4 nitrogen and oxygen atoms in total. The molecule has 0 heterocycles. The van der Waals surface area contributed by atoms with Crippen molar-refractivity contribution >= 4 is 5.91 Å². The van der Waals surface area contributed by atoms with Gasteiger partial charge in [-0.3, -0.25) is 9.69 Å². The molecule has 0 spiro atoms. The molecule has 0 aromatic heterocycles. The molecular formula is C13H18N2O2. The van der Waals surface area contributed by atoms with Gasteiger partial charge in [-0.2, -0.15) is 0 Å². The van der Waals surface area contributed by atoms with Crippen molar-refractivity contribution in [3.63, 3.8) is 0 Å². The van der Waals surface area contributed by atoms with Crippen molar-refractivity contribution in [2.45, 2.75) is 25.3 Å². The van der Waals surface area contributed by atoms with Crippen LogP contribution >= 0.6 is 0 Å². The van der Waals surface area contributed by atoms with Crippen molar-refractivity contribution in [3.8, 4) is 5.75 Å². The topological polar surface area (TPSA) is 66.6 Å². The molecule has 1 aromatic rings. The van der Waals surface area contributed by atoms with Crippen molar-refractivity contribution in [1.82, 2.24) is 4.90 Å². The maximum atomic E-state index is 11.0. The summed E-state index contributed by atoms with van der Waals surface area (Å²) < 4.78 is 0. The Balaban J connectivity index is 2.28. The number of amides is 1. The number of phenolic OH excluding ortho intramolecular Hbond substituents is 1. The number of nitrogens with two attached hydrogens (primary N) is 1. The number of hydrogen-bond donors (Lipinski definition) is 2. The molecular weight excluding hydrogens is 216 g/mol. The number of rotatable bonds is 3. The van der Waals surface area contributed by atoms with E-state index in [4.69, 9.17) is 5.73 Å². The zero-order valence-corrected chi connectivity index (χ0v) is 10.0. The van der Waals surface area contributed by atoms with Gasteiger partial charge < -0.3 is 10.8 Å². The van der Waals surface area contributed by atoms with E-state index >= 15 is 0 Å². The minimum atomic E-state index is -0.320. The number of hydrogen-bond acceptors (Lipinski definition) is 3. The second kappa shape index (κ2) is 4.75. The predicted molar refractivity (Wildman–Crippen MR) is 65.6 cm³/mol. The molecule has 0 aliphatic heterocycles. The van der Waals surface area contributed by atoms with Crippen LogP contribution in [-0.4, -0.2) is 29.5 Å². The van der Waals surface area contributed by atoms with Crippen LogP contribution in [0.25, 0.3) is 0 Å². The number of nitrogens with zero attached hydrogens (tertiary/aromatic N) is 1. The van der Waals surface area contributed by atoms with Gasteiger partial charge in [-0.1, -0.05) is 12.1 Å². The lowest BCUT2D eigenvalue weighted by molar-refractivity contribution is -0.119. The minimum absolute atomic E-state index is 0.179. The third-order valence-electron chi connectivity index (χ3n) is 3.39. The van der Waals surface area contributed by atoms with Crippen molar-refractivity contribution in [2.24, 2.45) is 5.73 Å². The SMILES string of the molecule is CN(CC(N)=O)C1CCCc2c(O)cccc21. The average molecular weight is 234 g/mol. The van der Waals surface area contributed by atoms with Gasteiger partial charge in [-0.25, -0.2) is 0 Å². The fraction of sp³-hybridized carbons (Fsp3) is 0.462. The largest absolute Gasteiger partial charge is 0.508 e. The van der Waals surface area contributed by atoms with Crippen molar-refractivity contribution in [1.29, 1.82) is 0 Å². The number of phenols is 1. The summed E-state index contributed by atoms with van der Waals surface area (Å²) >= 11 is 0. The first kappa shape index (κ1) is 11.9. The maximum Gasteiger partial charge on any atom is 0.231 e. The summed E-state index contributed by atoms with van der Waals surface area (Å²) in [5, 5.41) is 9.83. The fourth-order valence-corrected chi connectivity index (χ4v) is 2.62. The summed E-state index contributed by atoms with van der Waals surface area (Å²) in [6.07, 6.45) is 2.93. The van der Waals surface area contributed by atoms with Crippen LogP contribution in [0.2, 0.25) is 0 Å². The van der Waals surface area contributed by atoms with Crippen LogP contribution in [0.15, 0.2) is 18.2 Å². The second-order valence-electron chi connectivity index (χ2n) is 4.63. The number of carbonyl (C=O) groups is 1. The molecule has 1 amide bonds. The van der Waals surface area contributed by atoms with E-state index in [0.717, 1.165) is 30.4 Å². The van der Waals surface area contributed by atoms with E-state index in [-0.39, 0.29) is 18.5 Å². The first-order chi connectivity index (χ1) is 8.09. The molecule has 0 saturated heterocycles. The van der Waals surface area contributed by atoms with Gasteiger partial charge in [0.25, 0.3) is 0 Å². The van der Waals surface area contributed by atoms with Crippen LogP contribution in [0.1, 0.15) is 30.0 Å². The average Bonchev–Trinajstić information content (AvgIpc) is 2.28. The van der Waals surface area contributed by atoms with E-state index in [1.807, 2.05) is 24.1 Å². The summed E-state index contributed by atoms with van der Waals surface area (Å²) in [6.45, 7) is 0.250. The van der Waals surface area contributed by atoms with Gasteiger partial charge >= 0.3 is 0 Å². The molecule has 1 unspecified atom stereocenters. The Morgan fingerprint density at radius 1 is 1.59 bits per heavy atom. The first-order valence-electron chi connectivity index (χ1n) is 5.89. The molecule has 0 radical (unpaired) electrons. The first-order valence-corrected chi connectivity index (χ1v) is 5.89. The Bertz CT molecular complexity index is 431. The van der Waals surface area contributed by atoms with Crippen LogP contribution < -0.4 is 5.73 Å². The summed E-state index contributed by atoms with van der Waals surface area (Å²) in [5.74, 6) is 0.0412. The van der Waals surface area contributed by atoms with E-state index in [2.05, 4.69) is 0 Å². The lowest BCUT2D eigenvalue weighted by atomic mass is 9.86. The molecule has 1 aromatic carbocycles. The van der Waals surface area contributed by atoms with Gasteiger partial charge in [0.2, 0.25) is 5.91 Å². The van der Waals surface area contributed by atoms with Gasteiger partial charge in [-0.15, -0.1) is 0 Å². The standard InChI is InChI=1S/C13H18N2O2/c1-15(8-13(14)17)11-6-2-5-10-9(11)4-3-7-12(10)16/h3-4,7,11,16H,2,5-6,8H2,1H3,(H2,14,17). The summed E-state index contributed by atoms with van der Waals surface area (Å²) in [5.41, 5.74) is 7.36. The molecule has 1 aliphatic rings. The Morgan fingerprint density at radius 3 is 3.06 bits per heavy atom. The normalized spacial score (nSPS) is 19.1. The monoisotopic (exact) mass is 234 g/mol. The van der Waals surface area contributed by atoms with Gasteiger partial charge in [0.05, 0.1) is 6.54 Å². The lowest BCUT2D eigenvalue weighted by Gasteiger charge is -2.32. The van der Waals surface area contributed by atoms with Gasteiger partial charge in [0.1, 0.15) is 5.75 Å². The van der Waals surface area contributed by atoms with E-state index in [0.29, 0.717) is 5.75 Å². The highest BCUT2D eigenvalue weighted by Crippen LogP contribution is 2.37. The minimum Gasteiger partial charge on any atom is -0.508 e. The molecule has 0 fully saturated rings. The number of fused-ring (bicyclic) bond motifs is 1. The highest BCUT2D eigenvalue weighted by Gasteiger charge is 2.25. The molecule has 4 heteroatoms. The molecule has 0 bridgehead atoms. The summed E-state index contributed by atoms with van der Waals surface area (Å²) in [6, 6.07) is 5.77. The van der Waals surface area contributed by atoms with Crippen LogP contribution in [0, 0.1) is 0 Å². The molecule has 92 valence electrons. The Kier molecular flexibility index (Phi) is 3.33. The zero-order chi connectivity index (χ0) is 12.4. The van der Waals surface area contributed by atoms with E-state index in [9.17, 15) is 9.90 Å². The smallest absolute Gasteiger partial charge is 0.231 e. The number of carbonyl (C=O) groups excluding carboxylic acids is 1. The predicted octanol–water partition coefficient (Wildman–Crippen LogP) is 1.19. The van der Waals surface area contributed by atoms with Gasteiger partial charge in [-0.05, 0) is 43.5 Å². The highest BCUT2D eigenvalue weighted by atomic mass is 16.3. The molecule has 3 N–H and O–H groups in total. The molecule has 17 heavy (non-hydrogen) atoms. The second-order valence-corrected chi connectivity index (χ2v) is 4.63. The quantitative estimate of drug-likeness (QED) is 0.825. The molecule has 2 rings (SSSR count). The number of aromatic hydroxyl groups is 1. The zero-order valence-electron chi connectivity index (χ0n) is 10.0. The Labute approximate surface area is 101 Å². The third-order valence-corrected chi connectivity index (χ3v) is 3.39. The van der Waals surface area contributed by atoms with Crippen LogP contribution in [0.4, 0.5) is 0 Å². The third kappa shape index (κ3) is 2.42. The van der Waals surface area contributed by atoms with Crippen molar-refractivity contribution in [3.05, 3.63) is 29.3 Å². The van der Waals surface area contributed by atoms with Crippen molar-refractivity contribution < 1.29 is 9.90 Å². The Hall–Kier alpha value is -1.55. The lowest BCUT2D eigenvalue weighted by Crippen LogP contribution is -2.35. The Morgan fingerprint density at radius 2 is 2.35 bits per heavy atom. The molecule has 1 atom stereocenters. The van der Waals surface area contributed by atoms with Gasteiger partial charge in [0.15, 0.2) is 0 Å². The van der Waals surface area contributed by atoms with Gasteiger partial charge in [0, 0.05) is 6.04 Å². The molecule has 1 aliphatic carbocycles. The van der Waals surface area contributed by atoms with E-state index in [1.54, 1.807) is 6.07 Å². The van der Waals surface area contributed by atoms with Crippen LogP contribution in [-0.2, 0) is 11.2 Å². The summed E-state index contributed by atoms with van der Waals surface area (Å²) in [4.78, 5) is 12.9.